The fourth-order valence-electron chi connectivity index (χ4n) is 5.25. The predicted molar refractivity (Wildman–Crippen MR) is 131 cm³/mol. The summed E-state index contributed by atoms with van der Waals surface area (Å²) in [5.74, 6) is -2.03. The van der Waals surface area contributed by atoms with E-state index < -0.39 is 11.9 Å². The summed E-state index contributed by atoms with van der Waals surface area (Å²) in [7, 11) is 0. The third-order valence-electron chi connectivity index (χ3n) is 7.17. The van der Waals surface area contributed by atoms with Crippen molar-refractivity contribution in [3.8, 4) is 5.75 Å². The van der Waals surface area contributed by atoms with Crippen LogP contribution in [-0.4, -0.2) is 30.2 Å². The summed E-state index contributed by atoms with van der Waals surface area (Å²) in [6, 6.07) is 11.7. The molecule has 2 fully saturated rings. The minimum Gasteiger partial charge on any atom is -0.426 e. The summed E-state index contributed by atoms with van der Waals surface area (Å²) in [6.45, 7) is 4.00. The van der Waals surface area contributed by atoms with E-state index in [4.69, 9.17) is 16.3 Å². The number of hydrogen-bond donors (Lipinski definition) is 0. The van der Waals surface area contributed by atoms with Crippen LogP contribution in [0.4, 0.5) is 11.4 Å². The number of carbonyl (C=O) groups excluding carboxylic acids is 4. The molecular formula is C27H25ClN2O5. The monoisotopic (exact) mass is 492 g/mol. The molecule has 2 saturated heterocycles. The van der Waals surface area contributed by atoms with Crippen LogP contribution in [0.3, 0.4) is 0 Å². The first kappa shape index (κ1) is 23.3. The largest absolute Gasteiger partial charge is 0.426 e. The number of imide groups is 1. The summed E-state index contributed by atoms with van der Waals surface area (Å²) in [5, 5.41) is 0.557. The van der Waals surface area contributed by atoms with Crippen molar-refractivity contribution in [1.29, 1.82) is 0 Å². The second kappa shape index (κ2) is 8.96. The number of hydrogen-bond acceptors (Lipinski definition) is 5. The molecular weight excluding hydrogens is 468 g/mol. The van der Waals surface area contributed by atoms with Crippen LogP contribution in [-0.2, 0) is 19.2 Å². The maximum Gasteiger partial charge on any atom is 0.316 e. The molecule has 4 atom stereocenters. The lowest BCUT2D eigenvalue weighted by Crippen LogP contribution is -2.31. The maximum atomic E-state index is 13.0. The number of halogens is 1. The molecule has 2 aromatic rings. The molecule has 2 aliphatic heterocycles. The van der Waals surface area contributed by atoms with Gasteiger partial charge in [0.15, 0.2) is 0 Å². The fraction of sp³-hybridized carbons (Fsp3) is 0.333. The zero-order chi connectivity index (χ0) is 24.9. The minimum absolute atomic E-state index is 0.0137. The second-order valence-corrected chi connectivity index (χ2v) is 9.78. The molecule has 0 bridgehead atoms. The van der Waals surface area contributed by atoms with Crippen molar-refractivity contribution in [3.63, 3.8) is 0 Å². The molecule has 0 saturated carbocycles. The lowest BCUT2D eigenvalue weighted by Gasteiger charge is -2.22. The van der Waals surface area contributed by atoms with Crippen LogP contribution in [0.2, 0.25) is 5.02 Å². The first-order valence-electron chi connectivity index (χ1n) is 11.7. The van der Waals surface area contributed by atoms with Gasteiger partial charge in [-0.05, 0) is 61.2 Å². The van der Waals surface area contributed by atoms with Gasteiger partial charge in [-0.1, -0.05) is 36.7 Å². The van der Waals surface area contributed by atoms with E-state index in [-0.39, 0.29) is 54.2 Å². The summed E-state index contributed by atoms with van der Waals surface area (Å²) in [5.41, 5.74) is 1.93. The zero-order valence-corrected chi connectivity index (χ0v) is 20.2. The number of rotatable bonds is 4. The van der Waals surface area contributed by atoms with Crippen LogP contribution in [0.1, 0.15) is 25.3 Å². The van der Waals surface area contributed by atoms with E-state index in [9.17, 15) is 19.2 Å². The van der Waals surface area contributed by atoms with Crippen LogP contribution in [0, 0.1) is 30.6 Å². The second-order valence-electron chi connectivity index (χ2n) is 9.37. The van der Waals surface area contributed by atoms with Crippen molar-refractivity contribution in [2.45, 2.75) is 26.7 Å². The van der Waals surface area contributed by atoms with E-state index in [1.165, 1.54) is 4.90 Å². The van der Waals surface area contributed by atoms with Crippen LogP contribution >= 0.6 is 11.6 Å². The molecule has 7 nitrogen and oxygen atoms in total. The molecule has 3 aliphatic rings. The average molecular weight is 493 g/mol. The van der Waals surface area contributed by atoms with Gasteiger partial charge in [0.1, 0.15) is 5.75 Å². The van der Waals surface area contributed by atoms with Gasteiger partial charge in [0.25, 0.3) is 0 Å². The van der Waals surface area contributed by atoms with Crippen molar-refractivity contribution in [2.24, 2.45) is 23.7 Å². The van der Waals surface area contributed by atoms with E-state index in [0.29, 0.717) is 22.8 Å². The molecule has 2 aromatic carbocycles. The van der Waals surface area contributed by atoms with Crippen molar-refractivity contribution < 1.29 is 23.9 Å². The summed E-state index contributed by atoms with van der Waals surface area (Å²) in [4.78, 5) is 54.0. The lowest BCUT2D eigenvalue weighted by atomic mass is 9.78. The number of allylic oxidation sites excluding steroid dienone is 2. The molecule has 0 radical (unpaired) electrons. The molecule has 35 heavy (non-hydrogen) atoms. The summed E-state index contributed by atoms with van der Waals surface area (Å²) < 4.78 is 5.53. The molecule has 3 amide bonds. The number of nitrogens with zero attached hydrogens (tertiary/aromatic N) is 2. The van der Waals surface area contributed by atoms with Gasteiger partial charge in [-0.15, -0.1) is 0 Å². The van der Waals surface area contributed by atoms with E-state index in [1.807, 2.05) is 26.0 Å². The summed E-state index contributed by atoms with van der Waals surface area (Å²) in [6.07, 6.45) is 4.57. The Hall–Kier alpha value is -3.45. The summed E-state index contributed by atoms with van der Waals surface area (Å²) >= 11 is 6.19. The van der Waals surface area contributed by atoms with Crippen molar-refractivity contribution in [1.82, 2.24) is 0 Å². The van der Waals surface area contributed by atoms with Gasteiger partial charge in [0.05, 0.1) is 23.4 Å². The van der Waals surface area contributed by atoms with Gasteiger partial charge < -0.3 is 9.64 Å². The van der Waals surface area contributed by atoms with E-state index in [2.05, 4.69) is 0 Å². The Balaban J connectivity index is 1.26. The number of fused-ring (bicyclic) bond motifs is 1. The Bertz CT molecular complexity index is 1250. The molecule has 180 valence electrons. The van der Waals surface area contributed by atoms with Crippen molar-refractivity contribution >= 4 is 46.7 Å². The van der Waals surface area contributed by atoms with Gasteiger partial charge in [-0.3, -0.25) is 24.1 Å². The number of ether oxygens (including phenoxy) is 1. The lowest BCUT2D eigenvalue weighted by molar-refractivity contribution is -0.139. The third-order valence-corrected chi connectivity index (χ3v) is 7.58. The fourth-order valence-corrected chi connectivity index (χ4v) is 5.42. The quantitative estimate of drug-likeness (QED) is 0.275. The minimum atomic E-state index is -0.612. The topological polar surface area (TPSA) is 84.0 Å². The molecule has 0 aromatic heterocycles. The maximum absolute atomic E-state index is 13.0. The Morgan fingerprint density at radius 3 is 2.51 bits per heavy atom. The SMILES string of the molecule is Cc1c(Cl)cccc1N1C[C@H](C(=O)Oc2ccc(N3C(=O)[C@H]4[C@H](C)C=CC[C@H]4C3=O)cc2)CC1=O. The molecule has 0 N–H and O–H groups in total. The number of esters is 1. The molecule has 8 heteroatoms. The molecule has 0 unspecified atom stereocenters. The first-order chi connectivity index (χ1) is 16.8. The number of anilines is 2. The van der Waals surface area contributed by atoms with Crippen LogP contribution < -0.4 is 14.5 Å². The molecule has 2 heterocycles. The smallest absolute Gasteiger partial charge is 0.316 e. The van der Waals surface area contributed by atoms with Crippen molar-refractivity contribution in [2.75, 3.05) is 16.3 Å². The van der Waals surface area contributed by atoms with Gasteiger partial charge >= 0.3 is 5.97 Å². The van der Waals surface area contributed by atoms with E-state index >= 15 is 0 Å². The highest BCUT2D eigenvalue weighted by molar-refractivity contribution is 6.31. The van der Waals surface area contributed by atoms with Gasteiger partial charge in [-0.25, -0.2) is 0 Å². The van der Waals surface area contributed by atoms with Gasteiger partial charge in [0, 0.05) is 23.7 Å². The van der Waals surface area contributed by atoms with E-state index in [0.717, 1.165) is 5.56 Å². The molecule has 1 aliphatic carbocycles. The average Bonchev–Trinajstić information content (AvgIpc) is 3.34. The number of benzene rings is 2. The Morgan fingerprint density at radius 1 is 1.06 bits per heavy atom. The zero-order valence-electron chi connectivity index (χ0n) is 19.4. The Morgan fingerprint density at radius 2 is 1.80 bits per heavy atom. The first-order valence-corrected chi connectivity index (χ1v) is 12.1. The molecule has 5 rings (SSSR count). The number of amides is 3. The van der Waals surface area contributed by atoms with Crippen LogP contribution in [0.25, 0.3) is 0 Å². The highest BCUT2D eigenvalue weighted by atomic mass is 35.5. The standard InChI is InChI=1S/C27H25ClN2O5/c1-15-5-3-6-20-24(15)26(33)30(25(20)32)18-9-11-19(12-10-18)35-27(34)17-13-23(31)29(14-17)22-8-4-7-21(28)16(22)2/h3-5,7-12,15,17,20,24H,6,13-14H2,1-2H3/t15-,17-,20-,24+/m1/s1. The number of carbonyl (C=O) groups is 4. The van der Waals surface area contributed by atoms with Crippen LogP contribution in [0.5, 0.6) is 5.75 Å². The van der Waals surface area contributed by atoms with E-state index in [1.54, 1.807) is 47.4 Å². The van der Waals surface area contributed by atoms with Crippen molar-refractivity contribution in [3.05, 3.63) is 65.2 Å². The Kier molecular flexibility index (Phi) is 5.97. The third kappa shape index (κ3) is 4.04. The van der Waals surface area contributed by atoms with Gasteiger partial charge in [-0.2, -0.15) is 0 Å². The predicted octanol–water partition coefficient (Wildman–Crippen LogP) is 4.31. The Labute approximate surface area is 208 Å². The van der Waals surface area contributed by atoms with Crippen LogP contribution in [0.15, 0.2) is 54.6 Å². The normalized spacial score (nSPS) is 25.9. The van der Waals surface area contributed by atoms with Gasteiger partial charge in [0.2, 0.25) is 17.7 Å². The highest BCUT2D eigenvalue weighted by Gasteiger charge is 2.50. The molecule has 0 spiro atoms. The highest BCUT2D eigenvalue weighted by Crippen LogP contribution is 2.40.